The molecule has 2 bridgehead atoms. The van der Waals surface area contributed by atoms with Crippen LogP contribution in [0.1, 0.15) is 40.5 Å². The van der Waals surface area contributed by atoms with Gasteiger partial charge in [-0.3, -0.25) is 14.5 Å². The zero-order valence-corrected chi connectivity index (χ0v) is 16.8. The maximum atomic E-state index is 13.8. The molecule has 1 fully saturated rings. The van der Waals surface area contributed by atoms with Gasteiger partial charge in [0.15, 0.2) is 5.75 Å². The van der Waals surface area contributed by atoms with Gasteiger partial charge in [-0.2, -0.15) is 0 Å². The number of nitrogens with one attached hydrogen (secondary N) is 1. The van der Waals surface area contributed by atoms with Gasteiger partial charge in [-0.05, 0) is 19.4 Å². The third-order valence-electron chi connectivity index (χ3n) is 5.96. The highest BCUT2D eigenvalue weighted by Gasteiger charge is 2.36. The first-order chi connectivity index (χ1) is 14.8. The Morgan fingerprint density at radius 3 is 2.68 bits per heavy atom. The second-order valence-corrected chi connectivity index (χ2v) is 7.82. The van der Waals surface area contributed by atoms with Crippen LogP contribution in [0.3, 0.4) is 0 Å². The predicted octanol–water partition coefficient (Wildman–Crippen LogP) is 2.07. The van der Waals surface area contributed by atoms with Gasteiger partial charge in [0.2, 0.25) is 5.43 Å². The molecule has 0 spiro atoms. The van der Waals surface area contributed by atoms with Gasteiger partial charge in [0.1, 0.15) is 23.0 Å². The molecule has 3 unspecified atom stereocenters. The Morgan fingerprint density at radius 1 is 1.29 bits per heavy atom. The standard InChI is InChI=1S/C21H22F3N3O4/c1-31-18-3-2-4-26-9-16(18)27-8-13(19(28)20(29)17(27)10-26)21(30)25-7-12-14(23)5-11(22)6-15(12)24/h5-6,8,16,18,29H,2-4,7,9-10H2,1H3,(H,25,30). The summed E-state index contributed by atoms with van der Waals surface area (Å²) in [6.07, 6.45) is 2.89. The molecule has 1 aromatic heterocycles. The van der Waals surface area contributed by atoms with Gasteiger partial charge in [-0.25, -0.2) is 13.2 Å². The van der Waals surface area contributed by atoms with E-state index in [0.29, 0.717) is 30.9 Å². The van der Waals surface area contributed by atoms with Crippen LogP contribution in [0.4, 0.5) is 13.2 Å². The molecule has 2 aliphatic heterocycles. The van der Waals surface area contributed by atoms with Crippen molar-refractivity contribution >= 4 is 5.91 Å². The number of hydrogen-bond donors (Lipinski definition) is 2. The second kappa shape index (κ2) is 8.35. The lowest BCUT2D eigenvalue weighted by Gasteiger charge is -2.37. The number of halogens is 3. The smallest absolute Gasteiger partial charge is 0.257 e. The van der Waals surface area contributed by atoms with E-state index < -0.39 is 46.6 Å². The summed E-state index contributed by atoms with van der Waals surface area (Å²) in [6.45, 7) is 1.22. The number of ether oxygens (including phenoxy) is 1. The minimum absolute atomic E-state index is 0.163. The molecule has 1 amide bonds. The van der Waals surface area contributed by atoms with Crippen LogP contribution >= 0.6 is 0 Å². The fourth-order valence-corrected chi connectivity index (χ4v) is 4.35. The molecule has 1 aromatic carbocycles. The fourth-order valence-electron chi connectivity index (χ4n) is 4.35. The number of benzene rings is 1. The Bertz CT molecular complexity index is 1070. The Labute approximate surface area is 176 Å². The third kappa shape index (κ3) is 3.92. The van der Waals surface area contributed by atoms with E-state index in [1.807, 2.05) is 0 Å². The van der Waals surface area contributed by atoms with Crippen molar-refractivity contribution in [3.63, 3.8) is 0 Å². The number of nitrogens with zero attached hydrogens (tertiary/aromatic N) is 2. The molecule has 31 heavy (non-hydrogen) atoms. The molecule has 10 heteroatoms. The van der Waals surface area contributed by atoms with Gasteiger partial charge >= 0.3 is 0 Å². The molecule has 7 nitrogen and oxygen atoms in total. The largest absolute Gasteiger partial charge is 0.503 e. The highest BCUT2D eigenvalue weighted by molar-refractivity contribution is 5.94. The Morgan fingerprint density at radius 2 is 2.00 bits per heavy atom. The van der Waals surface area contributed by atoms with Crippen LogP contribution in [0, 0.1) is 17.5 Å². The van der Waals surface area contributed by atoms with Gasteiger partial charge in [0.05, 0.1) is 17.8 Å². The molecular formula is C21H22F3N3O4. The number of fused-ring (bicyclic) bond motifs is 4. The lowest BCUT2D eigenvalue weighted by Crippen LogP contribution is -2.42. The van der Waals surface area contributed by atoms with E-state index in [2.05, 4.69) is 10.2 Å². The molecule has 0 saturated carbocycles. The van der Waals surface area contributed by atoms with Crippen LogP contribution in [0.15, 0.2) is 23.1 Å². The number of aromatic nitrogens is 1. The van der Waals surface area contributed by atoms with Crippen LogP contribution in [-0.2, 0) is 17.8 Å². The third-order valence-corrected chi connectivity index (χ3v) is 5.96. The Hall–Kier alpha value is -2.85. The van der Waals surface area contributed by atoms with Crippen LogP contribution in [0.25, 0.3) is 0 Å². The van der Waals surface area contributed by atoms with Gasteiger partial charge < -0.3 is 19.7 Å². The summed E-state index contributed by atoms with van der Waals surface area (Å²) in [6, 6.07) is 0.806. The maximum absolute atomic E-state index is 13.8. The first-order valence-electron chi connectivity index (χ1n) is 9.94. The molecule has 4 rings (SSSR count). The van der Waals surface area contributed by atoms with Crippen molar-refractivity contribution in [1.82, 2.24) is 14.8 Å². The number of rotatable bonds is 4. The van der Waals surface area contributed by atoms with Crippen LogP contribution in [0.2, 0.25) is 0 Å². The van der Waals surface area contributed by atoms with E-state index in [9.17, 15) is 27.9 Å². The fraction of sp³-hybridized carbons (Fsp3) is 0.429. The quantitative estimate of drug-likeness (QED) is 0.765. The number of carbonyl (C=O) groups is 1. The lowest BCUT2D eigenvalue weighted by molar-refractivity contribution is 0.0379. The van der Waals surface area contributed by atoms with Crippen molar-refractivity contribution in [2.75, 3.05) is 20.2 Å². The number of carbonyl (C=O) groups excluding carboxylic acids is 1. The Kier molecular flexibility index (Phi) is 5.76. The molecule has 2 aliphatic rings. The van der Waals surface area contributed by atoms with Crippen molar-refractivity contribution in [3.8, 4) is 5.75 Å². The van der Waals surface area contributed by atoms with E-state index in [0.717, 1.165) is 19.4 Å². The van der Waals surface area contributed by atoms with Crippen LogP contribution < -0.4 is 10.7 Å². The number of amides is 1. The molecule has 0 aliphatic carbocycles. The van der Waals surface area contributed by atoms with Crippen LogP contribution in [-0.4, -0.2) is 46.8 Å². The molecule has 2 N–H and O–H groups in total. The van der Waals surface area contributed by atoms with Crippen molar-refractivity contribution in [2.24, 2.45) is 0 Å². The summed E-state index contributed by atoms with van der Waals surface area (Å²) < 4.78 is 48.0. The first-order valence-corrected chi connectivity index (χ1v) is 9.94. The lowest BCUT2D eigenvalue weighted by atomic mass is 10.0. The van der Waals surface area contributed by atoms with Gasteiger partial charge in [-0.15, -0.1) is 0 Å². The number of hydrogen-bond acceptors (Lipinski definition) is 5. The van der Waals surface area contributed by atoms with E-state index >= 15 is 0 Å². The van der Waals surface area contributed by atoms with Gasteiger partial charge in [0.25, 0.3) is 5.91 Å². The zero-order valence-electron chi connectivity index (χ0n) is 16.8. The highest BCUT2D eigenvalue weighted by atomic mass is 19.1. The summed E-state index contributed by atoms with van der Waals surface area (Å²) in [7, 11) is 1.59. The summed E-state index contributed by atoms with van der Waals surface area (Å²) in [5.74, 6) is -4.80. The van der Waals surface area contributed by atoms with E-state index in [1.54, 1.807) is 11.7 Å². The van der Waals surface area contributed by atoms with Gasteiger partial charge in [-0.1, -0.05) is 0 Å². The number of pyridine rings is 1. The van der Waals surface area contributed by atoms with E-state index in [1.165, 1.54) is 6.20 Å². The Balaban J connectivity index is 1.66. The summed E-state index contributed by atoms with van der Waals surface area (Å²) in [4.78, 5) is 27.4. The topological polar surface area (TPSA) is 83.8 Å². The van der Waals surface area contributed by atoms with Crippen molar-refractivity contribution in [1.29, 1.82) is 0 Å². The minimum Gasteiger partial charge on any atom is -0.503 e. The summed E-state index contributed by atoms with van der Waals surface area (Å²) in [5, 5.41) is 12.8. The first kappa shape index (κ1) is 21.4. The average Bonchev–Trinajstić information content (AvgIpc) is 2.89. The van der Waals surface area contributed by atoms with Crippen molar-refractivity contribution < 1.29 is 27.8 Å². The monoisotopic (exact) mass is 437 g/mol. The number of methoxy groups -OCH3 is 1. The van der Waals surface area contributed by atoms with E-state index in [-0.39, 0.29) is 17.7 Å². The summed E-state index contributed by atoms with van der Waals surface area (Å²) >= 11 is 0. The molecule has 2 aromatic rings. The van der Waals surface area contributed by atoms with E-state index in [4.69, 9.17) is 4.74 Å². The molecular weight excluding hydrogens is 415 g/mol. The summed E-state index contributed by atoms with van der Waals surface area (Å²) in [5.41, 5.74) is -1.34. The second-order valence-electron chi connectivity index (χ2n) is 7.82. The van der Waals surface area contributed by atoms with Gasteiger partial charge in [0, 0.05) is 50.6 Å². The number of aromatic hydroxyl groups is 1. The molecule has 0 radical (unpaired) electrons. The molecule has 1 saturated heterocycles. The van der Waals surface area contributed by atoms with Crippen molar-refractivity contribution in [3.05, 3.63) is 62.8 Å². The highest BCUT2D eigenvalue weighted by Crippen LogP contribution is 2.33. The maximum Gasteiger partial charge on any atom is 0.257 e. The predicted molar refractivity (Wildman–Crippen MR) is 104 cm³/mol. The zero-order chi connectivity index (χ0) is 22.3. The minimum atomic E-state index is -1.15. The molecule has 3 heterocycles. The van der Waals surface area contributed by atoms with Crippen LogP contribution in [0.5, 0.6) is 5.75 Å². The normalized spacial score (nSPS) is 22.5. The van der Waals surface area contributed by atoms with Crippen molar-refractivity contribution in [2.45, 2.75) is 38.1 Å². The molecule has 3 atom stereocenters. The molecule has 166 valence electrons. The average molecular weight is 437 g/mol. The SMILES string of the molecule is COC1CCCN2Cc3c(O)c(=O)c(C(=O)NCc4c(F)cc(F)cc4F)cn3C1C2.